The molecule has 1 aliphatic rings. The molecular weight excluding hydrogens is 270 g/mol. The highest BCUT2D eigenvalue weighted by atomic mass is 32.2. The fourth-order valence-electron chi connectivity index (χ4n) is 2.05. The number of thioether (sulfide) groups is 1. The van der Waals surface area contributed by atoms with E-state index in [1.54, 1.807) is 0 Å². The fourth-order valence-corrected chi connectivity index (χ4v) is 2.73. The molecule has 0 fully saturated rings. The molecule has 3 nitrogen and oxygen atoms in total. The Labute approximate surface area is 125 Å². The normalized spacial score (nSPS) is 21.9. The van der Waals surface area contributed by atoms with Crippen LogP contribution in [0.4, 0.5) is 0 Å². The van der Waals surface area contributed by atoms with Gasteiger partial charge in [-0.1, -0.05) is 49.3 Å². The van der Waals surface area contributed by atoms with Crippen molar-refractivity contribution in [2.45, 2.75) is 44.6 Å². The topological polar surface area (TPSA) is 30.8 Å². The van der Waals surface area contributed by atoms with E-state index < -0.39 is 0 Å². The summed E-state index contributed by atoms with van der Waals surface area (Å²) in [5.74, 6) is 0.950. The van der Waals surface area contributed by atoms with Gasteiger partial charge in [-0.3, -0.25) is 0 Å². The second-order valence-corrected chi connectivity index (χ2v) is 7.28. The summed E-state index contributed by atoms with van der Waals surface area (Å²) in [5.41, 5.74) is 2.02. The van der Waals surface area contributed by atoms with Crippen LogP contribution < -0.4 is 0 Å². The van der Waals surface area contributed by atoms with Gasteiger partial charge in [0.25, 0.3) is 0 Å². The maximum Gasteiger partial charge on any atom is 0.163 e. The van der Waals surface area contributed by atoms with Gasteiger partial charge in [-0.2, -0.15) is 11.8 Å². The molecule has 110 valence electrons. The maximum atomic E-state index is 5.78. The van der Waals surface area contributed by atoms with Crippen molar-refractivity contribution in [3.05, 3.63) is 35.9 Å². The molecule has 1 unspecified atom stereocenters. The Bertz CT molecular complexity index is 447. The van der Waals surface area contributed by atoms with Gasteiger partial charge in [0.05, 0.1) is 18.9 Å². The first-order valence-electron chi connectivity index (χ1n) is 7.05. The summed E-state index contributed by atoms with van der Waals surface area (Å²) in [6.07, 6.45) is 0.863. The lowest BCUT2D eigenvalue weighted by molar-refractivity contribution is -0.0709. The fraction of sp³-hybridized carbons (Fsp3) is 0.562. The van der Waals surface area contributed by atoms with Gasteiger partial charge >= 0.3 is 0 Å². The van der Waals surface area contributed by atoms with E-state index in [-0.39, 0.29) is 5.60 Å². The first-order chi connectivity index (χ1) is 9.57. The zero-order chi connectivity index (χ0) is 14.4. The van der Waals surface area contributed by atoms with Crippen molar-refractivity contribution in [2.24, 2.45) is 5.16 Å². The number of benzene rings is 1. The summed E-state index contributed by atoms with van der Waals surface area (Å²) in [6, 6.07) is 10.2. The smallest absolute Gasteiger partial charge is 0.163 e. The number of hydrogen-bond donors (Lipinski definition) is 0. The van der Waals surface area contributed by atoms with Gasteiger partial charge in [0, 0.05) is 12.2 Å². The molecule has 0 bridgehead atoms. The van der Waals surface area contributed by atoms with Crippen molar-refractivity contribution in [3.63, 3.8) is 0 Å². The van der Waals surface area contributed by atoms with Crippen LogP contribution >= 0.6 is 11.8 Å². The number of oxime groups is 1. The molecule has 1 heterocycles. The second kappa shape index (κ2) is 7.14. The molecule has 1 aromatic carbocycles. The summed E-state index contributed by atoms with van der Waals surface area (Å²) < 4.78 is 5.78. The Hall–Kier alpha value is -1.00. The van der Waals surface area contributed by atoms with Crippen LogP contribution in [0.3, 0.4) is 0 Å². The molecule has 0 radical (unpaired) electrons. The maximum absolute atomic E-state index is 5.78. The first-order valence-corrected chi connectivity index (χ1v) is 8.09. The molecular formula is C16H23NO2S. The largest absolute Gasteiger partial charge is 0.387 e. The van der Waals surface area contributed by atoms with E-state index in [9.17, 15) is 0 Å². The highest BCUT2D eigenvalue weighted by molar-refractivity contribution is 8.00. The molecule has 0 aliphatic carbocycles. The minimum atomic E-state index is -0.304. The van der Waals surface area contributed by atoms with Crippen LogP contribution in [0.5, 0.6) is 0 Å². The zero-order valence-corrected chi connectivity index (χ0v) is 13.3. The van der Waals surface area contributed by atoms with Gasteiger partial charge in [-0.15, -0.1) is 0 Å². The van der Waals surface area contributed by atoms with Crippen LogP contribution in [0.1, 0.15) is 32.8 Å². The van der Waals surface area contributed by atoms with Crippen LogP contribution in [-0.4, -0.2) is 28.9 Å². The second-order valence-electron chi connectivity index (χ2n) is 5.71. The summed E-state index contributed by atoms with van der Waals surface area (Å²) in [7, 11) is 0. The molecule has 0 saturated heterocycles. The molecule has 1 atom stereocenters. The SMILES string of the molecule is CC(C)SCC1=NOC(C)(COCc2ccccc2)C1. The average Bonchev–Trinajstić information content (AvgIpc) is 2.80. The third kappa shape index (κ3) is 4.84. The Morgan fingerprint density at radius 1 is 1.35 bits per heavy atom. The van der Waals surface area contributed by atoms with E-state index in [2.05, 4.69) is 38.1 Å². The summed E-state index contributed by atoms with van der Waals surface area (Å²) in [6.45, 7) is 7.65. The third-order valence-electron chi connectivity index (χ3n) is 3.08. The lowest BCUT2D eigenvalue weighted by Gasteiger charge is -2.21. The summed E-state index contributed by atoms with van der Waals surface area (Å²) in [4.78, 5) is 5.57. The molecule has 20 heavy (non-hydrogen) atoms. The van der Waals surface area contributed by atoms with Gasteiger partial charge in [-0.25, -0.2) is 0 Å². The molecule has 0 amide bonds. The van der Waals surface area contributed by atoms with Crippen LogP contribution in [0.2, 0.25) is 0 Å². The van der Waals surface area contributed by atoms with E-state index in [0.717, 1.165) is 17.9 Å². The number of rotatable bonds is 7. The number of ether oxygens (including phenoxy) is 1. The zero-order valence-electron chi connectivity index (χ0n) is 12.5. The molecule has 0 saturated carbocycles. The summed E-state index contributed by atoms with van der Waals surface area (Å²) >= 11 is 1.90. The van der Waals surface area contributed by atoms with Crippen molar-refractivity contribution < 1.29 is 9.57 Å². The highest BCUT2D eigenvalue weighted by Crippen LogP contribution is 2.26. The predicted octanol–water partition coefficient (Wildman–Crippen LogP) is 3.88. The molecule has 0 aromatic heterocycles. The van der Waals surface area contributed by atoms with Gasteiger partial charge in [0.1, 0.15) is 0 Å². The third-order valence-corrected chi connectivity index (χ3v) is 4.24. The minimum Gasteiger partial charge on any atom is -0.387 e. The Kier molecular flexibility index (Phi) is 5.49. The number of hydrogen-bond acceptors (Lipinski definition) is 4. The van der Waals surface area contributed by atoms with Gasteiger partial charge in [0.2, 0.25) is 0 Å². The quantitative estimate of drug-likeness (QED) is 0.764. The monoisotopic (exact) mass is 293 g/mol. The van der Waals surface area contributed by atoms with Crippen LogP contribution in [-0.2, 0) is 16.2 Å². The number of nitrogens with zero attached hydrogens (tertiary/aromatic N) is 1. The first kappa shape index (κ1) is 15.4. The average molecular weight is 293 g/mol. The van der Waals surface area contributed by atoms with Gasteiger partial charge in [0.15, 0.2) is 5.60 Å². The highest BCUT2D eigenvalue weighted by Gasteiger charge is 2.34. The van der Waals surface area contributed by atoms with Crippen molar-refractivity contribution in [1.82, 2.24) is 0 Å². The van der Waals surface area contributed by atoms with E-state index in [1.165, 1.54) is 5.56 Å². The molecule has 2 rings (SSSR count). The summed E-state index contributed by atoms with van der Waals surface area (Å²) in [5, 5.41) is 4.83. The van der Waals surface area contributed by atoms with Crippen molar-refractivity contribution in [3.8, 4) is 0 Å². The lowest BCUT2D eigenvalue weighted by Crippen LogP contribution is -2.31. The van der Waals surface area contributed by atoms with E-state index in [4.69, 9.17) is 9.57 Å². The van der Waals surface area contributed by atoms with Gasteiger partial charge < -0.3 is 9.57 Å². The van der Waals surface area contributed by atoms with Crippen molar-refractivity contribution in [1.29, 1.82) is 0 Å². The Morgan fingerprint density at radius 2 is 2.10 bits per heavy atom. The predicted molar refractivity (Wildman–Crippen MR) is 85.2 cm³/mol. The molecule has 0 N–H and O–H groups in total. The molecule has 1 aliphatic heterocycles. The van der Waals surface area contributed by atoms with Gasteiger partial charge in [-0.05, 0) is 17.7 Å². The Balaban J connectivity index is 1.71. The van der Waals surface area contributed by atoms with Crippen LogP contribution in [0, 0.1) is 0 Å². The minimum absolute atomic E-state index is 0.304. The van der Waals surface area contributed by atoms with Crippen molar-refractivity contribution in [2.75, 3.05) is 12.4 Å². The molecule has 4 heteroatoms. The van der Waals surface area contributed by atoms with Crippen molar-refractivity contribution >= 4 is 17.5 Å². The lowest BCUT2D eigenvalue weighted by atomic mass is 10.0. The van der Waals surface area contributed by atoms with E-state index >= 15 is 0 Å². The molecule has 0 spiro atoms. The Morgan fingerprint density at radius 3 is 2.80 bits per heavy atom. The molecule has 1 aromatic rings. The van der Waals surface area contributed by atoms with E-state index in [0.29, 0.717) is 18.5 Å². The van der Waals surface area contributed by atoms with Crippen LogP contribution in [0.15, 0.2) is 35.5 Å². The van der Waals surface area contributed by atoms with Crippen LogP contribution in [0.25, 0.3) is 0 Å². The standard InChI is InChI=1S/C16H23NO2S/c1-13(2)20-11-15-9-16(3,19-17-15)12-18-10-14-7-5-4-6-8-14/h4-8,13H,9-12H2,1-3H3. The van der Waals surface area contributed by atoms with E-state index in [1.807, 2.05) is 30.0 Å².